The fraction of sp³-hybridized carbons (Fsp3) is 0.353. The number of amides is 1. The Labute approximate surface area is 136 Å². The molecule has 1 fully saturated rings. The summed E-state index contributed by atoms with van der Waals surface area (Å²) in [6.45, 7) is 5.93. The van der Waals surface area contributed by atoms with E-state index in [9.17, 15) is 4.79 Å². The smallest absolute Gasteiger partial charge is 0.257 e. The van der Waals surface area contributed by atoms with E-state index in [0.717, 1.165) is 37.7 Å². The molecule has 1 saturated heterocycles. The van der Waals surface area contributed by atoms with E-state index in [1.807, 2.05) is 25.1 Å². The molecule has 6 heteroatoms. The van der Waals surface area contributed by atoms with Gasteiger partial charge in [0.05, 0.1) is 17.4 Å². The lowest BCUT2D eigenvalue weighted by molar-refractivity contribution is 0.102. The van der Waals surface area contributed by atoms with Gasteiger partial charge in [0.2, 0.25) is 0 Å². The Balaban J connectivity index is 1.63. The van der Waals surface area contributed by atoms with Crippen LogP contribution in [0.1, 0.15) is 16.1 Å². The molecular formula is C17H21N5O. The maximum atomic E-state index is 12.2. The largest absolute Gasteiger partial charge is 0.354 e. The SMILES string of the molecule is Cc1ccc(C(=O)Nc2ccc(N3CCN(C)CC3)nc2)cn1. The number of piperazine rings is 1. The van der Waals surface area contributed by atoms with Crippen molar-refractivity contribution < 1.29 is 4.79 Å². The molecule has 0 radical (unpaired) electrons. The Morgan fingerprint density at radius 2 is 1.83 bits per heavy atom. The van der Waals surface area contributed by atoms with Crippen LogP contribution in [-0.4, -0.2) is 54.0 Å². The van der Waals surface area contributed by atoms with Crippen molar-refractivity contribution >= 4 is 17.4 Å². The molecule has 0 bridgehead atoms. The lowest BCUT2D eigenvalue weighted by Gasteiger charge is -2.33. The molecule has 3 rings (SSSR count). The standard InChI is InChI=1S/C17H21N5O/c1-13-3-4-14(11-18-13)17(23)20-15-5-6-16(19-12-15)22-9-7-21(2)8-10-22/h3-6,11-12H,7-10H2,1-2H3,(H,20,23). The van der Waals surface area contributed by atoms with E-state index in [1.54, 1.807) is 18.5 Å². The number of hydrogen-bond donors (Lipinski definition) is 1. The number of carbonyl (C=O) groups is 1. The monoisotopic (exact) mass is 311 g/mol. The van der Waals surface area contributed by atoms with E-state index in [-0.39, 0.29) is 5.91 Å². The van der Waals surface area contributed by atoms with Crippen molar-refractivity contribution in [3.63, 3.8) is 0 Å². The Bertz CT molecular complexity index is 660. The average molecular weight is 311 g/mol. The predicted molar refractivity (Wildman–Crippen MR) is 90.9 cm³/mol. The van der Waals surface area contributed by atoms with Crippen LogP contribution in [0.15, 0.2) is 36.7 Å². The molecule has 6 nitrogen and oxygen atoms in total. The minimum atomic E-state index is -0.174. The van der Waals surface area contributed by atoms with Gasteiger partial charge in [0.1, 0.15) is 5.82 Å². The summed E-state index contributed by atoms with van der Waals surface area (Å²) in [5.74, 6) is 0.778. The Morgan fingerprint density at radius 1 is 1.04 bits per heavy atom. The molecule has 2 aromatic heterocycles. The number of nitrogens with zero attached hydrogens (tertiary/aromatic N) is 4. The summed E-state index contributed by atoms with van der Waals surface area (Å²) in [6.07, 6.45) is 3.28. The summed E-state index contributed by atoms with van der Waals surface area (Å²) in [4.78, 5) is 25.3. The van der Waals surface area contributed by atoms with Gasteiger partial charge < -0.3 is 15.1 Å². The van der Waals surface area contributed by atoms with Gasteiger partial charge >= 0.3 is 0 Å². The highest BCUT2D eigenvalue weighted by Crippen LogP contribution is 2.16. The zero-order chi connectivity index (χ0) is 16.2. The molecule has 1 aliphatic rings. The highest BCUT2D eigenvalue weighted by Gasteiger charge is 2.15. The summed E-state index contributed by atoms with van der Waals surface area (Å²) in [7, 11) is 2.13. The highest BCUT2D eigenvalue weighted by molar-refractivity contribution is 6.03. The van der Waals surface area contributed by atoms with E-state index in [4.69, 9.17) is 0 Å². The van der Waals surface area contributed by atoms with Crippen molar-refractivity contribution in [3.05, 3.63) is 47.9 Å². The zero-order valence-corrected chi connectivity index (χ0v) is 13.5. The van der Waals surface area contributed by atoms with Gasteiger partial charge in [-0.25, -0.2) is 4.98 Å². The Hall–Kier alpha value is -2.47. The Morgan fingerprint density at radius 3 is 2.43 bits per heavy atom. The van der Waals surface area contributed by atoms with E-state index >= 15 is 0 Å². The number of rotatable bonds is 3. The summed E-state index contributed by atoms with van der Waals surface area (Å²) < 4.78 is 0. The number of anilines is 2. The third-order valence-corrected chi connectivity index (χ3v) is 4.01. The van der Waals surface area contributed by atoms with Gasteiger partial charge in [0, 0.05) is 38.1 Å². The second kappa shape index (κ2) is 6.75. The summed E-state index contributed by atoms with van der Waals surface area (Å²) >= 11 is 0. The van der Waals surface area contributed by atoms with Crippen LogP contribution in [0, 0.1) is 6.92 Å². The summed E-state index contributed by atoms with van der Waals surface area (Å²) in [5.41, 5.74) is 2.12. The van der Waals surface area contributed by atoms with E-state index in [1.165, 1.54) is 0 Å². The molecule has 1 amide bonds. The van der Waals surface area contributed by atoms with Crippen LogP contribution in [0.3, 0.4) is 0 Å². The van der Waals surface area contributed by atoms with Gasteiger partial charge in [-0.05, 0) is 38.2 Å². The third kappa shape index (κ3) is 3.84. The molecule has 0 spiro atoms. The summed E-state index contributed by atoms with van der Waals surface area (Å²) in [5, 5.41) is 2.85. The molecule has 0 saturated carbocycles. The highest BCUT2D eigenvalue weighted by atomic mass is 16.1. The minimum absolute atomic E-state index is 0.174. The molecule has 3 heterocycles. The van der Waals surface area contributed by atoms with E-state index in [0.29, 0.717) is 11.3 Å². The third-order valence-electron chi connectivity index (χ3n) is 4.01. The number of hydrogen-bond acceptors (Lipinski definition) is 5. The van der Waals surface area contributed by atoms with Crippen molar-refractivity contribution in [1.29, 1.82) is 0 Å². The normalized spacial score (nSPS) is 15.5. The molecule has 23 heavy (non-hydrogen) atoms. The van der Waals surface area contributed by atoms with Crippen LogP contribution in [0.4, 0.5) is 11.5 Å². The molecular weight excluding hydrogens is 290 g/mol. The number of pyridine rings is 2. The van der Waals surface area contributed by atoms with Gasteiger partial charge in [0.25, 0.3) is 5.91 Å². The van der Waals surface area contributed by atoms with Crippen LogP contribution in [0.25, 0.3) is 0 Å². The second-order valence-corrected chi connectivity index (χ2v) is 5.84. The van der Waals surface area contributed by atoms with Crippen LogP contribution in [-0.2, 0) is 0 Å². The lowest BCUT2D eigenvalue weighted by Crippen LogP contribution is -2.44. The number of likely N-dealkylation sites (N-methyl/N-ethyl adjacent to an activating group) is 1. The minimum Gasteiger partial charge on any atom is -0.354 e. The van der Waals surface area contributed by atoms with Crippen molar-refractivity contribution in [1.82, 2.24) is 14.9 Å². The number of nitrogens with one attached hydrogen (secondary N) is 1. The fourth-order valence-electron chi connectivity index (χ4n) is 2.49. The second-order valence-electron chi connectivity index (χ2n) is 5.84. The molecule has 1 N–H and O–H groups in total. The first kappa shape index (κ1) is 15.4. The van der Waals surface area contributed by atoms with Crippen molar-refractivity contribution in [2.24, 2.45) is 0 Å². The molecule has 0 aromatic carbocycles. The maximum absolute atomic E-state index is 12.2. The molecule has 120 valence electrons. The quantitative estimate of drug-likeness (QED) is 0.936. The molecule has 0 atom stereocenters. The summed E-state index contributed by atoms with van der Waals surface area (Å²) in [6, 6.07) is 7.43. The number of aromatic nitrogens is 2. The first-order valence-electron chi connectivity index (χ1n) is 7.75. The van der Waals surface area contributed by atoms with Gasteiger partial charge in [-0.3, -0.25) is 9.78 Å². The number of carbonyl (C=O) groups excluding carboxylic acids is 1. The van der Waals surface area contributed by atoms with Gasteiger partial charge in [-0.15, -0.1) is 0 Å². The number of aryl methyl sites for hydroxylation is 1. The molecule has 0 unspecified atom stereocenters. The Kier molecular flexibility index (Phi) is 4.52. The predicted octanol–water partition coefficient (Wildman–Crippen LogP) is 1.79. The molecule has 2 aromatic rings. The average Bonchev–Trinajstić information content (AvgIpc) is 2.57. The van der Waals surface area contributed by atoms with Crippen LogP contribution in [0.2, 0.25) is 0 Å². The van der Waals surface area contributed by atoms with Gasteiger partial charge in [-0.1, -0.05) is 0 Å². The van der Waals surface area contributed by atoms with Crippen molar-refractivity contribution in [2.45, 2.75) is 6.92 Å². The van der Waals surface area contributed by atoms with Crippen LogP contribution >= 0.6 is 0 Å². The van der Waals surface area contributed by atoms with Gasteiger partial charge in [-0.2, -0.15) is 0 Å². The topological polar surface area (TPSA) is 61.4 Å². The van der Waals surface area contributed by atoms with Gasteiger partial charge in [0.15, 0.2) is 0 Å². The lowest BCUT2D eigenvalue weighted by atomic mass is 10.2. The maximum Gasteiger partial charge on any atom is 0.257 e. The zero-order valence-electron chi connectivity index (χ0n) is 13.5. The molecule has 0 aliphatic carbocycles. The first-order valence-corrected chi connectivity index (χ1v) is 7.75. The molecule has 1 aliphatic heterocycles. The van der Waals surface area contributed by atoms with Crippen molar-refractivity contribution in [3.8, 4) is 0 Å². The fourth-order valence-corrected chi connectivity index (χ4v) is 2.49. The van der Waals surface area contributed by atoms with Crippen LogP contribution in [0.5, 0.6) is 0 Å². The van der Waals surface area contributed by atoms with E-state index < -0.39 is 0 Å². The first-order chi connectivity index (χ1) is 11.1. The van der Waals surface area contributed by atoms with Crippen LogP contribution < -0.4 is 10.2 Å². The van der Waals surface area contributed by atoms with E-state index in [2.05, 4.69) is 32.1 Å². The van der Waals surface area contributed by atoms with Crippen molar-refractivity contribution in [2.75, 3.05) is 43.4 Å².